The Hall–Kier alpha value is -1.74. The van der Waals surface area contributed by atoms with Crippen LogP contribution in [0.25, 0.3) is 0 Å². The minimum Gasteiger partial charge on any atom is -0.387 e. The van der Waals surface area contributed by atoms with Crippen LogP contribution in [0, 0.1) is 0 Å². The normalized spacial score (nSPS) is 22.1. The van der Waals surface area contributed by atoms with Crippen LogP contribution in [0.5, 0.6) is 0 Å². The van der Waals surface area contributed by atoms with Gasteiger partial charge in [0.15, 0.2) is 0 Å². The van der Waals surface area contributed by atoms with E-state index in [0.717, 1.165) is 22.0 Å². The SMILES string of the molecule is CC(C)NC[C@@H](C(=O)N1CCN(c2ncnc3c2[C@H](C)C[C@@H]3O)CC1)c1ccc(Cl)s1. The molecule has 1 fully saturated rings. The van der Waals surface area contributed by atoms with E-state index >= 15 is 0 Å². The summed E-state index contributed by atoms with van der Waals surface area (Å²) < 4.78 is 0.705. The molecule has 1 amide bonds. The monoisotopic (exact) mass is 463 g/mol. The number of nitrogens with one attached hydrogen (secondary N) is 1. The summed E-state index contributed by atoms with van der Waals surface area (Å²) in [5, 5.41) is 13.7. The molecule has 2 aromatic heterocycles. The van der Waals surface area contributed by atoms with Crippen molar-refractivity contribution in [2.24, 2.45) is 0 Å². The molecule has 2 N–H and O–H groups in total. The smallest absolute Gasteiger partial charge is 0.232 e. The van der Waals surface area contributed by atoms with E-state index in [9.17, 15) is 9.90 Å². The van der Waals surface area contributed by atoms with Crippen LogP contribution >= 0.6 is 22.9 Å². The lowest BCUT2D eigenvalue weighted by molar-refractivity contribution is -0.133. The van der Waals surface area contributed by atoms with E-state index in [0.29, 0.717) is 49.5 Å². The van der Waals surface area contributed by atoms with Gasteiger partial charge in [-0.25, -0.2) is 9.97 Å². The number of amides is 1. The van der Waals surface area contributed by atoms with E-state index in [1.165, 1.54) is 11.3 Å². The van der Waals surface area contributed by atoms with E-state index < -0.39 is 6.10 Å². The Labute approximate surface area is 192 Å². The third-order valence-corrected chi connectivity index (χ3v) is 7.48. The van der Waals surface area contributed by atoms with Crippen LogP contribution in [-0.2, 0) is 4.79 Å². The lowest BCUT2D eigenvalue weighted by atomic mass is 10.0. The third-order valence-electron chi connectivity index (χ3n) is 6.14. The molecule has 1 saturated heterocycles. The van der Waals surface area contributed by atoms with Gasteiger partial charge in [-0.05, 0) is 24.5 Å². The summed E-state index contributed by atoms with van der Waals surface area (Å²) in [7, 11) is 0. The van der Waals surface area contributed by atoms with Gasteiger partial charge in [-0.15, -0.1) is 11.3 Å². The minimum absolute atomic E-state index is 0.142. The zero-order valence-electron chi connectivity index (χ0n) is 18.2. The molecule has 1 aliphatic carbocycles. The van der Waals surface area contributed by atoms with Crippen molar-refractivity contribution in [3.63, 3.8) is 0 Å². The molecule has 31 heavy (non-hydrogen) atoms. The van der Waals surface area contributed by atoms with Gasteiger partial charge < -0.3 is 20.2 Å². The Morgan fingerprint density at radius 2 is 2.03 bits per heavy atom. The van der Waals surface area contributed by atoms with Crippen molar-refractivity contribution in [2.45, 2.75) is 51.2 Å². The van der Waals surface area contributed by atoms with Gasteiger partial charge in [-0.3, -0.25) is 4.79 Å². The lowest BCUT2D eigenvalue weighted by Crippen LogP contribution is -2.51. The quantitative estimate of drug-likeness (QED) is 0.684. The molecule has 4 rings (SSSR count). The minimum atomic E-state index is -0.513. The fourth-order valence-corrected chi connectivity index (χ4v) is 5.65. The maximum Gasteiger partial charge on any atom is 0.232 e. The molecule has 0 unspecified atom stereocenters. The van der Waals surface area contributed by atoms with E-state index in [2.05, 4.69) is 41.0 Å². The van der Waals surface area contributed by atoms with Crippen LogP contribution < -0.4 is 10.2 Å². The van der Waals surface area contributed by atoms with Crippen molar-refractivity contribution in [1.29, 1.82) is 0 Å². The van der Waals surface area contributed by atoms with Crippen LogP contribution in [0.15, 0.2) is 18.5 Å². The first-order valence-corrected chi connectivity index (χ1v) is 12.1. The Morgan fingerprint density at radius 3 is 2.68 bits per heavy atom. The van der Waals surface area contributed by atoms with Crippen molar-refractivity contribution in [2.75, 3.05) is 37.6 Å². The number of rotatable bonds is 6. The predicted molar refractivity (Wildman–Crippen MR) is 124 cm³/mol. The number of piperazine rings is 1. The number of fused-ring (bicyclic) bond motifs is 1. The molecule has 2 aliphatic rings. The van der Waals surface area contributed by atoms with Gasteiger partial charge in [-0.1, -0.05) is 32.4 Å². The first-order chi connectivity index (χ1) is 14.8. The number of carbonyl (C=O) groups is 1. The lowest BCUT2D eigenvalue weighted by Gasteiger charge is -2.38. The van der Waals surface area contributed by atoms with Crippen LogP contribution in [0.4, 0.5) is 5.82 Å². The molecule has 168 valence electrons. The molecule has 7 nitrogen and oxygen atoms in total. The zero-order chi connectivity index (χ0) is 22.1. The van der Waals surface area contributed by atoms with Gasteiger partial charge in [0, 0.05) is 49.2 Å². The molecule has 9 heteroatoms. The molecular formula is C22H30ClN5O2S. The second-order valence-electron chi connectivity index (χ2n) is 8.72. The average Bonchev–Trinajstić information content (AvgIpc) is 3.31. The number of hydrogen-bond donors (Lipinski definition) is 2. The van der Waals surface area contributed by atoms with Crippen molar-refractivity contribution >= 4 is 34.7 Å². The molecule has 3 atom stereocenters. The van der Waals surface area contributed by atoms with Gasteiger partial charge in [0.25, 0.3) is 0 Å². The van der Waals surface area contributed by atoms with Gasteiger partial charge in [0.05, 0.1) is 22.1 Å². The number of thiophene rings is 1. The fraction of sp³-hybridized carbons (Fsp3) is 0.591. The van der Waals surface area contributed by atoms with E-state index in [-0.39, 0.29) is 17.7 Å². The van der Waals surface area contributed by atoms with Crippen LogP contribution in [-0.4, -0.2) is 64.6 Å². The highest BCUT2D eigenvalue weighted by Crippen LogP contribution is 2.42. The summed E-state index contributed by atoms with van der Waals surface area (Å²) in [6.45, 7) is 9.60. The summed E-state index contributed by atoms with van der Waals surface area (Å²) in [6.07, 6.45) is 1.72. The second-order valence-corrected chi connectivity index (χ2v) is 10.5. The summed E-state index contributed by atoms with van der Waals surface area (Å²) in [5.41, 5.74) is 1.81. The van der Waals surface area contributed by atoms with Gasteiger partial charge in [0.2, 0.25) is 5.91 Å². The summed E-state index contributed by atoms with van der Waals surface area (Å²) in [5.74, 6) is 1.05. The largest absolute Gasteiger partial charge is 0.387 e. The molecule has 0 bridgehead atoms. The highest BCUT2D eigenvalue weighted by atomic mass is 35.5. The number of aliphatic hydroxyl groups is 1. The topological polar surface area (TPSA) is 81.6 Å². The first kappa shape index (κ1) is 22.5. The van der Waals surface area contributed by atoms with Crippen molar-refractivity contribution < 1.29 is 9.90 Å². The summed E-state index contributed by atoms with van der Waals surface area (Å²) in [4.78, 5) is 27.5. The molecule has 0 aromatic carbocycles. The Balaban J connectivity index is 1.46. The summed E-state index contributed by atoms with van der Waals surface area (Å²) in [6, 6.07) is 4.13. The Bertz CT molecular complexity index is 928. The highest BCUT2D eigenvalue weighted by Gasteiger charge is 2.35. The number of nitrogens with zero attached hydrogens (tertiary/aromatic N) is 4. The molecule has 0 saturated carbocycles. The van der Waals surface area contributed by atoms with Gasteiger partial charge in [-0.2, -0.15) is 0 Å². The van der Waals surface area contributed by atoms with Crippen LogP contribution in [0.2, 0.25) is 4.34 Å². The van der Waals surface area contributed by atoms with Crippen molar-refractivity contribution in [1.82, 2.24) is 20.2 Å². The maximum absolute atomic E-state index is 13.4. The number of hydrogen-bond acceptors (Lipinski definition) is 7. The number of aliphatic hydroxyl groups excluding tert-OH is 1. The van der Waals surface area contributed by atoms with E-state index in [1.807, 2.05) is 17.0 Å². The number of aromatic nitrogens is 2. The molecule has 2 aromatic rings. The number of carbonyl (C=O) groups excluding carboxylic acids is 1. The highest BCUT2D eigenvalue weighted by molar-refractivity contribution is 7.16. The van der Waals surface area contributed by atoms with Crippen LogP contribution in [0.1, 0.15) is 61.3 Å². The van der Waals surface area contributed by atoms with E-state index in [4.69, 9.17) is 11.6 Å². The predicted octanol–water partition coefficient (Wildman–Crippen LogP) is 3.16. The first-order valence-electron chi connectivity index (χ1n) is 10.9. The molecule has 1 aliphatic heterocycles. The van der Waals surface area contributed by atoms with Crippen molar-refractivity contribution in [3.8, 4) is 0 Å². The summed E-state index contributed by atoms with van der Waals surface area (Å²) >= 11 is 7.63. The number of halogens is 1. The molecule has 0 spiro atoms. The zero-order valence-corrected chi connectivity index (χ0v) is 19.8. The number of anilines is 1. The molecule has 0 radical (unpaired) electrons. The molecular weight excluding hydrogens is 434 g/mol. The van der Waals surface area contributed by atoms with Crippen LogP contribution in [0.3, 0.4) is 0 Å². The second kappa shape index (κ2) is 9.40. The fourth-order valence-electron chi connectivity index (χ4n) is 4.49. The van der Waals surface area contributed by atoms with Gasteiger partial charge in [0.1, 0.15) is 12.1 Å². The Kier molecular flexibility index (Phi) is 6.81. The Morgan fingerprint density at radius 1 is 1.29 bits per heavy atom. The van der Waals surface area contributed by atoms with E-state index in [1.54, 1.807) is 6.33 Å². The van der Waals surface area contributed by atoms with Crippen molar-refractivity contribution in [3.05, 3.63) is 38.9 Å². The molecule has 3 heterocycles. The standard InChI is InChI=1S/C22H30ClN5O2S/c1-13(2)24-11-15(17-4-5-18(23)31-17)22(30)28-8-6-27(7-9-28)21-19-14(3)10-16(29)20(19)25-12-26-21/h4-5,12-16,24,29H,6-11H2,1-3H3/t14-,15-,16+/m1/s1. The third kappa shape index (κ3) is 4.72. The van der Waals surface area contributed by atoms with Gasteiger partial charge >= 0.3 is 0 Å². The maximum atomic E-state index is 13.4. The average molecular weight is 464 g/mol.